The van der Waals surface area contributed by atoms with E-state index in [9.17, 15) is 4.79 Å². The number of allylic oxidation sites excluding steroid dienone is 2. The van der Waals surface area contributed by atoms with E-state index in [0.29, 0.717) is 30.2 Å². The lowest BCUT2D eigenvalue weighted by Crippen LogP contribution is -2.24. The van der Waals surface area contributed by atoms with Gasteiger partial charge in [0.25, 0.3) is 0 Å². The Balaban J connectivity index is 2.34. The zero-order valence-corrected chi connectivity index (χ0v) is 17.5. The van der Waals surface area contributed by atoms with Gasteiger partial charge in [0, 0.05) is 4.47 Å². The summed E-state index contributed by atoms with van der Waals surface area (Å²) in [4.78, 5) is 17.0. The third kappa shape index (κ3) is 4.89. The number of halogens is 2. The van der Waals surface area contributed by atoms with Gasteiger partial charge in [-0.3, -0.25) is 0 Å². The number of rotatable bonds is 6. The fourth-order valence-corrected chi connectivity index (χ4v) is 3.40. The van der Waals surface area contributed by atoms with Crippen molar-refractivity contribution < 1.29 is 19.1 Å². The van der Waals surface area contributed by atoms with Gasteiger partial charge in [0.1, 0.15) is 19.5 Å². The number of oxime groups is 1. The number of esters is 1. The highest BCUT2D eigenvalue weighted by atomic mass is 79.9. The van der Waals surface area contributed by atoms with Crippen molar-refractivity contribution in [2.24, 2.45) is 5.16 Å². The Hall–Kier alpha value is -1.79. The number of benzene rings is 1. The van der Waals surface area contributed by atoms with Crippen molar-refractivity contribution in [3.8, 4) is 5.75 Å². The van der Waals surface area contributed by atoms with Crippen molar-refractivity contribution in [2.75, 3.05) is 20.8 Å². The van der Waals surface area contributed by atoms with Crippen LogP contribution in [0.5, 0.6) is 5.75 Å². The Labute approximate surface area is 166 Å². The van der Waals surface area contributed by atoms with E-state index in [0.717, 1.165) is 15.6 Å². The van der Waals surface area contributed by atoms with Crippen LogP contribution >= 0.6 is 27.5 Å². The highest BCUT2D eigenvalue weighted by Gasteiger charge is 2.26. The van der Waals surface area contributed by atoms with Gasteiger partial charge < -0.3 is 14.3 Å². The van der Waals surface area contributed by atoms with Gasteiger partial charge >= 0.3 is 5.97 Å². The van der Waals surface area contributed by atoms with Crippen LogP contribution in [-0.2, 0) is 14.4 Å². The molecule has 7 heteroatoms. The van der Waals surface area contributed by atoms with Gasteiger partial charge in [-0.2, -0.15) is 0 Å². The summed E-state index contributed by atoms with van der Waals surface area (Å²) in [6.45, 7) is 4.41. The molecule has 26 heavy (non-hydrogen) atoms. The van der Waals surface area contributed by atoms with E-state index < -0.39 is 5.97 Å². The molecule has 5 nitrogen and oxygen atoms in total. The summed E-state index contributed by atoms with van der Waals surface area (Å²) in [5.41, 5.74) is 4.33. The lowest BCUT2D eigenvalue weighted by Gasteiger charge is -2.23. The first-order valence-electron chi connectivity index (χ1n) is 8.01. The molecule has 1 aromatic rings. The average Bonchev–Trinajstić information content (AvgIpc) is 2.61. The molecule has 0 spiro atoms. The van der Waals surface area contributed by atoms with Gasteiger partial charge in [-0.25, -0.2) is 4.79 Å². The van der Waals surface area contributed by atoms with E-state index in [-0.39, 0.29) is 5.71 Å². The van der Waals surface area contributed by atoms with E-state index in [1.54, 1.807) is 12.1 Å². The van der Waals surface area contributed by atoms with Crippen molar-refractivity contribution in [3.05, 3.63) is 50.0 Å². The molecular weight excluding hydrogens is 422 g/mol. The normalized spacial score (nSPS) is 15.2. The fourth-order valence-electron chi connectivity index (χ4n) is 2.67. The minimum atomic E-state index is -0.534. The predicted molar refractivity (Wildman–Crippen MR) is 106 cm³/mol. The summed E-state index contributed by atoms with van der Waals surface area (Å²) < 4.78 is 11.6. The molecular formula is C19H21BrClNO4. The summed E-state index contributed by atoms with van der Waals surface area (Å²) in [5, 5.41) is 4.40. The first-order chi connectivity index (χ1) is 12.4. The molecule has 0 fully saturated rings. The first kappa shape index (κ1) is 20.5. The third-order valence-corrected chi connectivity index (χ3v) is 5.01. The van der Waals surface area contributed by atoms with Gasteiger partial charge in [-0.15, -0.1) is 0 Å². The summed E-state index contributed by atoms with van der Waals surface area (Å²) in [7, 11) is 2.72. The lowest BCUT2D eigenvalue weighted by molar-refractivity contribution is -0.132. The molecule has 1 aliphatic carbocycles. The molecule has 140 valence electrons. The number of hydrogen-bond donors (Lipinski definition) is 0. The van der Waals surface area contributed by atoms with Crippen LogP contribution in [0.4, 0.5) is 0 Å². The summed E-state index contributed by atoms with van der Waals surface area (Å²) in [6.07, 6.45) is 1.28. The molecule has 0 aromatic heterocycles. The quantitative estimate of drug-likeness (QED) is 0.267. The van der Waals surface area contributed by atoms with Crippen LogP contribution in [0.2, 0.25) is 5.02 Å². The fraction of sp³-hybridized carbons (Fsp3) is 0.368. The van der Waals surface area contributed by atoms with E-state index >= 15 is 0 Å². The molecule has 0 atom stereocenters. The molecule has 2 rings (SSSR count). The van der Waals surface area contributed by atoms with Crippen LogP contribution in [0.1, 0.15) is 26.7 Å². The predicted octanol–water partition coefficient (Wildman–Crippen LogP) is 5.08. The molecule has 0 heterocycles. The van der Waals surface area contributed by atoms with Gasteiger partial charge in [0.15, 0.2) is 5.71 Å². The second kappa shape index (κ2) is 9.24. The molecule has 1 aromatic carbocycles. The maximum Gasteiger partial charge on any atom is 0.360 e. The van der Waals surface area contributed by atoms with Crippen LogP contribution in [0.15, 0.2) is 50.1 Å². The van der Waals surface area contributed by atoms with Crippen molar-refractivity contribution in [2.45, 2.75) is 26.7 Å². The molecule has 0 bridgehead atoms. The number of methoxy groups -OCH3 is 1. The highest BCUT2D eigenvalue weighted by molar-refractivity contribution is 9.10. The topological polar surface area (TPSA) is 57.1 Å². The largest absolute Gasteiger partial charge is 0.488 e. The SMILES string of the molecule is CO/N=C(\C(=O)OC)C1=C(COc2ccc(Br)cc2Cl)CC(C)=C(C)C1. The summed E-state index contributed by atoms with van der Waals surface area (Å²) in [5.74, 6) is 0.0438. The Kier molecular flexibility index (Phi) is 7.29. The van der Waals surface area contributed by atoms with E-state index in [2.05, 4.69) is 28.0 Å². The average molecular weight is 443 g/mol. The molecule has 1 aliphatic rings. The minimum Gasteiger partial charge on any atom is -0.488 e. The number of carbonyl (C=O) groups excluding carboxylic acids is 1. The monoisotopic (exact) mass is 441 g/mol. The maximum absolute atomic E-state index is 12.2. The van der Waals surface area contributed by atoms with Gasteiger partial charge in [-0.05, 0) is 56.0 Å². The molecule has 0 aliphatic heterocycles. The Morgan fingerprint density at radius 2 is 1.92 bits per heavy atom. The Bertz CT molecular complexity index is 799. The first-order valence-corrected chi connectivity index (χ1v) is 9.18. The van der Waals surface area contributed by atoms with Crippen LogP contribution in [0.3, 0.4) is 0 Å². The highest BCUT2D eigenvalue weighted by Crippen LogP contribution is 2.33. The van der Waals surface area contributed by atoms with Gasteiger partial charge in [0.05, 0.1) is 12.1 Å². The van der Waals surface area contributed by atoms with E-state index in [1.165, 1.54) is 25.4 Å². The summed E-state index contributed by atoms with van der Waals surface area (Å²) in [6, 6.07) is 5.43. The number of nitrogens with zero attached hydrogens (tertiary/aromatic N) is 1. The molecule has 0 radical (unpaired) electrons. The number of carbonyl (C=O) groups is 1. The standard InChI is InChI=1S/C19H21BrClNO4/c1-11-7-13(10-26-17-6-5-14(20)9-16(17)21)15(8-12(11)2)18(22-25-4)19(23)24-3/h5-6,9H,7-8,10H2,1-4H3/b22-18-. The lowest BCUT2D eigenvalue weighted by atomic mass is 9.85. The van der Waals surface area contributed by atoms with Crippen molar-refractivity contribution in [3.63, 3.8) is 0 Å². The summed E-state index contributed by atoms with van der Waals surface area (Å²) >= 11 is 9.59. The molecule has 0 amide bonds. The van der Waals surface area contributed by atoms with Crippen LogP contribution in [0, 0.1) is 0 Å². The molecule has 0 unspecified atom stereocenters. The minimum absolute atomic E-state index is 0.169. The van der Waals surface area contributed by atoms with E-state index in [4.69, 9.17) is 25.9 Å². The van der Waals surface area contributed by atoms with Crippen LogP contribution < -0.4 is 4.74 Å². The maximum atomic E-state index is 12.2. The van der Waals surface area contributed by atoms with Gasteiger partial charge in [-0.1, -0.05) is 43.8 Å². The zero-order valence-electron chi connectivity index (χ0n) is 15.2. The second-order valence-corrected chi connectivity index (χ2v) is 7.30. The van der Waals surface area contributed by atoms with Crippen LogP contribution in [0.25, 0.3) is 0 Å². The second-order valence-electron chi connectivity index (χ2n) is 5.97. The van der Waals surface area contributed by atoms with Crippen molar-refractivity contribution in [1.82, 2.24) is 0 Å². The number of ether oxygens (including phenoxy) is 2. The third-order valence-electron chi connectivity index (χ3n) is 4.22. The number of hydrogen-bond acceptors (Lipinski definition) is 5. The smallest absolute Gasteiger partial charge is 0.360 e. The Morgan fingerprint density at radius 3 is 2.54 bits per heavy atom. The van der Waals surface area contributed by atoms with Crippen molar-refractivity contribution >= 4 is 39.2 Å². The molecule has 0 saturated carbocycles. The Morgan fingerprint density at radius 1 is 1.23 bits per heavy atom. The molecule has 0 N–H and O–H groups in total. The van der Waals surface area contributed by atoms with Gasteiger partial charge in [0.2, 0.25) is 0 Å². The van der Waals surface area contributed by atoms with Crippen molar-refractivity contribution in [1.29, 1.82) is 0 Å². The molecule has 0 saturated heterocycles. The zero-order chi connectivity index (χ0) is 19.3. The van der Waals surface area contributed by atoms with E-state index in [1.807, 2.05) is 13.0 Å². The van der Waals surface area contributed by atoms with Crippen LogP contribution in [-0.4, -0.2) is 32.5 Å².